The van der Waals surface area contributed by atoms with Crippen LogP contribution in [0.3, 0.4) is 0 Å². The van der Waals surface area contributed by atoms with E-state index in [-0.39, 0.29) is 28.8 Å². The molecule has 3 N–H and O–H groups in total. The molecule has 3 heterocycles. The van der Waals surface area contributed by atoms with E-state index in [1.165, 1.54) is 16.4 Å². The Bertz CT molecular complexity index is 1040. The molecule has 0 aliphatic carbocycles. The van der Waals surface area contributed by atoms with E-state index < -0.39 is 5.97 Å². The van der Waals surface area contributed by atoms with Crippen molar-refractivity contribution < 1.29 is 18.9 Å². The Kier molecular flexibility index (Phi) is 3.57. The van der Waals surface area contributed by atoms with Gasteiger partial charge in [0.2, 0.25) is 11.6 Å². The Labute approximate surface area is 142 Å². The number of para-hydroxylation sites is 2. The van der Waals surface area contributed by atoms with Crippen molar-refractivity contribution in [1.82, 2.24) is 30.3 Å². The quantitative estimate of drug-likeness (QED) is 0.495. The first-order valence-electron chi connectivity index (χ1n) is 6.88. The third-order valence-corrected chi connectivity index (χ3v) is 4.11. The average Bonchev–Trinajstić information content (AvgIpc) is 3.29. The number of nitrogens with zero attached hydrogens (tertiary/aromatic N) is 6. The van der Waals surface area contributed by atoms with Crippen molar-refractivity contribution >= 4 is 34.6 Å². The van der Waals surface area contributed by atoms with Crippen LogP contribution in [0.1, 0.15) is 16.2 Å². The van der Waals surface area contributed by atoms with Crippen molar-refractivity contribution in [2.45, 2.75) is 11.0 Å². The van der Waals surface area contributed by atoms with Crippen LogP contribution in [0, 0.1) is 0 Å². The maximum Gasteiger partial charge on any atom is 0.358 e. The number of aromatic carboxylic acids is 1. The van der Waals surface area contributed by atoms with Gasteiger partial charge in [-0.05, 0) is 22.4 Å². The summed E-state index contributed by atoms with van der Waals surface area (Å²) in [6.07, 6.45) is 0. The lowest BCUT2D eigenvalue weighted by Gasteiger charge is -2.02. The molecule has 0 fully saturated rings. The van der Waals surface area contributed by atoms with E-state index in [0.29, 0.717) is 16.3 Å². The highest BCUT2D eigenvalue weighted by atomic mass is 32.2. The normalized spacial score (nSPS) is 11.2. The van der Waals surface area contributed by atoms with E-state index >= 15 is 0 Å². The van der Waals surface area contributed by atoms with Gasteiger partial charge in [0.25, 0.3) is 5.22 Å². The van der Waals surface area contributed by atoms with E-state index in [9.17, 15) is 9.90 Å². The Morgan fingerprint density at radius 1 is 1.32 bits per heavy atom. The van der Waals surface area contributed by atoms with E-state index in [1.807, 2.05) is 18.2 Å². The van der Waals surface area contributed by atoms with Crippen molar-refractivity contribution in [2.24, 2.45) is 0 Å². The summed E-state index contributed by atoms with van der Waals surface area (Å²) in [6.45, 7) is 0. The molecular weight excluding hydrogens is 350 g/mol. The van der Waals surface area contributed by atoms with Gasteiger partial charge in [-0.3, -0.25) is 0 Å². The molecule has 0 aliphatic heterocycles. The van der Waals surface area contributed by atoms with Crippen LogP contribution < -0.4 is 5.73 Å². The summed E-state index contributed by atoms with van der Waals surface area (Å²) in [5.74, 6) is -1.04. The fourth-order valence-electron chi connectivity index (χ4n) is 2.15. The minimum atomic E-state index is -1.23. The molecule has 0 saturated carbocycles. The molecule has 126 valence electrons. The number of thioether (sulfide) groups is 1. The van der Waals surface area contributed by atoms with Crippen LogP contribution in [0.25, 0.3) is 16.9 Å². The number of oxazole rings is 1. The van der Waals surface area contributed by atoms with Gasteiger partial charge in [0.05, 0.1) is 5.69 Å². The molecule has 11 nitrogen and oxygen atoms in total. The number of rotatable bonds is 5. The number of carboxylic acids is 1. The molecule has 0 amide bonds. The van der Waals surface area contributed by atoms with Crippen molar-refractivity contribution in [1.29, 1.82) is 0 Å². The first-order valence-corrected chi connectivity index (χ1v) is 7.86. The summed E-state index contributed by atoms with van der Waals surface area (Å²) >= 11 is 1.19. The van der Waals surface area contributed by atoms with Gasteiger partial charge in [-0.25, -0.2) is 14.4 Å². The van der Waals surface area contributed by atoms with Gasteiger partial charge in [0, 0.05) is 5.75 Å². The summed E-state index contributed by atoms with van der Waals surface area (Å²) < 4.78 is 11.3. The predicted octanol–water partition coefficient (Wildman–Crippen LogP) is 1.36. The molecule has 4 aromatic rings. The molecule has 1 aromatic carbocycles. The van der Waals surface area contributed by atoms with E-state index in [2.05, 4.69) is 30.2 Å². The second kappa shape index (κ2) is 5.90. The number of nitrogen functional groups attached to an aromatic ring is 1. The standard InChI is InChI=1S/C13H9N7O4S/c14-10-11(18-24-17-10)20-7(9(12(21)22)16-19-20)5-25-13-15-6-3-1-2-4-8(6)23-13/h1-4H,5H2,(H2,14,17)(H,21,22). The van der Waals surface area contributed by atoms with Crippen molar-refractivity contribution in [2.75, 3.05) is 5.73 Å². The summed E-state index contributed by atoms with van der Waals surface area (Å²) in [5.41, 5.74) is 7.01. The second-order valence-electron chi connectivity index (χ2n) is 4.81. The molecule has 0 atom stereocenters. The SMILES string of the molecule is Nc1nonc1-n1nnc(C(=O)O)c1CSc1nc2ccccc2o1. The molecule has 0 unspecified atom stereocenters. The smallest absolute Gasteiger partial charge is 0.358 e. The average molecular weight is 359 g/mol. The molecule has 3 aromatic heterocycles. The maximum atomic E-state index is 11.4. The lowest BCUT2D eigenvalue weighted by molar-refractivity contribution is 0.0689. The van der Waals surface area contributed by atoms with Crippen molar-refractivity contribution in [3.05, 3.63) is 35.7 Å². The molecule has 0 aliphatic rings. The number of nitrogens with two attached hydrogens (primary N) is 1. The Morgan fingerprint density at radius 2 is 2.16 bits per heavy atom. The van der Waals surface area contributed by atoms with Gasteiger partial charge in [-0.15, -0.1) is 5.10 Å². The summed E-state index contributed by atoms with van der Waals surface area (Å²) in [7, 11) is 0. The minimum absolute atomic E-state index is 0.0325. The topological polar surface area (TPSA) is 159 Å². The van der Waals surface area contributed by atoms with Crippen LogP contribution in [0.15, 0.2) is 38.5 Å². The zero-order chi connectivity index (χ0) is 17.4. The van der Waals surface area contributed by atoms with E-state index in [0.717, 1.165) is 0 Å². The highest BCUT2D eigenvalue weighted by Crippen LogP contribution is 2.28. The van der Waals surface area contributed by atoms with Crippen LogP contribution in [0.4, 0.5) is 5.82 Å². The van der Waals surface area contributed by atoms with Gasteiger partial charge in [-0.2, -0.15) is 4.68 Å². The molecule has 4 rings (SSSR count). The third-order valence-electron chi connectivity index (χ3n) is 3.27. The lowest BCUT2D eigenvalue weighted by atomic mass is 10.3. The number of carbonyl (C=O) groups is 1. The third kappa shape index (κ3) is 2.67. The predicted molar refractivity (Wildman–Crippen MR) is 84.2 cm³/mol. The molecular formula is C13H9N7O4S. The molecule has 0 radical (unpaired) electrons. The van der Waals surface area contributed by atoms with Gasteiger partial charge in [0.1, 0.15) is 5.52 Å². The van der Waals surface area contributed by atoms with E-state index in [1.54, 1.807) is 6.07 Å². The molecule has 0 saturated heterocycles. The zero-order valence-corrected chi connectivity index (χ0v) is 13.2. The minimum Gasteiger partial charge on any atom is -0.476 e. The largest absolute Gasteiger partial charge is 0.476 e. The van der Waals surface area contributed by atoms with Gasteiger partial charge < -0.3 is 15.3 Å². The Balaban J connectivity index is 1.68. The number of hydrogen-bond donors (Lipinski definition) is 2. The fourth-order valence-corrected chi connectivity index (χ4v) is 2.98. The zero-order valence-electron chi connectivity index (χ0n) is 12.4. The summed E-state index contributed by atoms with van der Waals surface area (Å²) in [5, 5.41) is 24.2. The molecule has 25 heavy (non-hydrogen) atoms. The van der Waals surface area contributed by atoms with Gasteiger partial charge >= 0.3 is 5.97 Å². The van der Waals surface area contributed by atoms with Crippen LogP contribution in [0.2, 0.25) is 0 Å². The number of fused-ring (bicyclic) bond motifs is 1. The number of aromatic nitrogens is 6. The molecule has 0 bridgehead atoms. The summed E-state index contributed by atoms with van der Waals surface area (Å²) in [4.78, 5) is 15.7. The highest BCUT2D eigenvalue weighted by molar-refractivity contribution is 7.98. The number of benzene rings is 1. The summed E-state index contributed by atoms with van der Waals surface area (Å²) in [6, 6.07) is 7.30. The van der Waals surface area contributed by atoms with Gasteiger partial charge in [0.15, 0.2) is 11.3 Å². The monoisotopic (exact) mass is 359 g/mol. The first-order chi connectivity index (χ1) is 12.1. The van der Waals surface area contributed by atoms with Crippen LogP contribution in [-0.2, 0) is 5.75 Å². The Morgan fingerprint density at radius 3 is 2.88 bits per heavy atom. The van der Waals surface area contributed by atoms with Gasteiger partial charge in [-0.1, -0.05) is 29.1 Å². The van der Waals surface area contributed by atoms with Crippen molar-refractivity contribution in [3.63, 3.8) is 0 Å². The molecule has 0 spiro atoms. The van der Waals surface area contributed by atoms with Crippen LogP contribution in [0.5, 0.6) is 0 Å². The highest BCUT2D eigenvalue weighted by Gasteiger charge is 2.24. The number of anilines is 1. The lowest BCUT2D eigenvalue weighted by Crippen LogP contribution is -2.08. The maximum absolute atomic E-state index is 11.4. The second-order valence-corrected chi connectivity index (χ2v) is 5.74. The molecule has 12 heteroatoms. The first kappa shape index (κ1) is 15.1. The van der Waals surface area contributed by atoms with Crippen LogP contribution >= 0.6 is 11.8 Å². The Hall–Kier alpha value is -3.41. The van der Waals surface area contributed by atoms with E-state index in [4.69, 9.17) is 10.2 Å². The fraction of sp³-hybridized carbons (Fsp3) is 0.0769. The van der Waals surface area contributed by atoms with Crippen LogP contribution in [-0.4, -0.2) is 41.4 Å². The number of hydrogen-bond acceptors (Lipinski definition) is 10. The van der Waals surface area contributed by atoms with Crippen molar-refractivity contribution in [3.8, 4) is 5.82 Å². The number of carboxylic acid groups (broad SMARTS) is 1.